The third-order valence-electron chi connectivity index (χ3n) is 4.25. The summed E-state index contributed by atoms with van der Waals surface area (Å²) in [7, 11) is 0. The highest BCUT2D eigenvalue weighted by Gasteiger charge is 2.18. The fourth-order valence-electron chi connectivity index (χ4n) is 2.86. The zero-order valence-electron chi connectivity index (χ0n) is 15.7. The average molecular weight is 374 g/mol. The molecule has 142 valence electrons. The van der Waals surface area contributed by atoms with Crippen molar-refractivity contribution >= 4 is 17.6 Å². The van der Waals surface area contributed by atoms with Crippen molar-refractivity contribution in [1.82, 2.24) is 4.98 Å². The van der Waals surface area contributed by atoms with Crippen molar-refractivity contribution in [2.45, 2.75) is 19.9 Å². The molecule has 0 spiro atoms. The van der Waals surface area contributed by atoms with Crippen LogP contribution in [0.4, 0.5) is 5.69 Å². The molecule has 1 amide bonds. The monoisotopic (exact) mass is 374 g/mol. The Morgan fingerprint density at radius 3 is 2.29 bits per heavy atom. The fraction of sp³-hybridized carbons (Fsp3) is 0.174. The van der Waals surface area contributed by atoms with Gasteiger partial charge < -0.3 is 9.64 Å². The first-order valence-electron chi connectivity index (χ1n) is 9.17. The van der Waals surface area contributed by atoms with Gasteiger partial charge in [0, 0.05) is 18.1 Å². The van der Waals surface area contributed by atoms with E-state index >= 15 is 0 Å². The Morgan fingerprint density at radius 1 is 0.929 bits per heavy atom. The summed E-state index contributed by atoms with van der Waals surface area (Å²) < 4.78 is 5.02. The number of pyridine rings is 1. The molecule has 1 heterocycles. The van der Waals surface area contributed by atoms with Crippen molar-refractivity contribution in [3.8, 4) is 0 Å². The molecule has 1 aromatic heterocycles. The van der Waals surface area contributed by atoms with Crippen molar-refractivity contribution in [2.24, 2.45) is 0 Å². The van der Waals surface area contributed by atoms with E-state index in [1.54, 1.807) is 48.5 Å². The number of hydrogen-bond donors (Lipinski definition) is 0. The summed E-state index contributed by atoms with van der Waals surface area (Å²) in [5.74, 6) is -0.401. The molecule has 0 aliphatic carbocycles. The van der Waals surface area contributed by atoms with Crippen molar-refractivity contribution < 1.29 is 14.3 Å². The fourth-order valence-corrected chi connectivity index (χ4v) is 2.86. The summed E-state index contributed by atoms with van der Waals surface area (Å²) in [5.41, 5.74) is 3.06. The molecule has 28 heavy (non-hydrogen) atoms. The summed E-state index contributed by atoms with van der Waals surface area (Å²) >= 11 is 0. The zero-order chi connectivity index (χ0) is 19.8. The number of benzene rings is 2. The Bertz CT molecular complexity index is 910. The van der Waals surface area contributed by atoms with Crippen molar-refractivity contribution in [3.63, 3.8) is 0 Å². The van der Waals surface area contributed by atoms with Crippen LogP contribution in [0.25, 0.3) is 0 Å². The molecule has 0 saturated carbocycles. The molecule has 0 aliphatic heterocycles. The lowest BCUT2D eigenvalue weighted by Gasteiger charge is -2.23. The van der Waals surface area contributed by atoms with Crippen molar-refractivity contribution in [3.05, 3.63) is 95.8 Å². The highest BCUT2D eigenvalue weighted by atomic mass is 16.5. The van der Waals surface area contributed by atoms with E-state index in [0.29, 0.717) is 25.1 Å². The van der Waals surface area contributed by atoms with Gasteiger partial charge in [-0.25, -0.2) is 4.79 Å². The lowest BCUT2D eigenvalue weighted by Crippen LogP contribution is -2.31. The predicted molar refractivity (Wildman–Crippen MR) is 108 cm³/mol. The van der Waals surface area contributed by atoms with Gasteiger partial charge in [0.15, 0.2) is 0 Å². The van der Waals surface area contributed by atoms with E-state index in [-0.39, 0.29) is 11.9 Å². The van der Waals surface area contributed by atoms with Gasteiger partial charge in [0.25, 0.3) is 0 Å². The smallest absolute Gasteiger partial charge is 0.338 e. The van der Waals surface area contributed by atoms with E-state index in [0.717, 1.165) is 16.8 Å². The van der Waals surface area contributed by atoms with E-state index in [4.69, 9.17) is 4.74 Å². The maximum absolute atomic E-state index is 13.1. The predicted octanol–water partition coefficient (Wildman–Crippen LogP) is 4.03. The number of nitrogens with zero attached hydrogens (tertiary/aromatic N) is 2. The second kappa shape index (κ2) is 9.46. The van der Waals surface area contributed by atoms with Gasteiger partial charge in [-0.2, -0.15) is 0 Å². The molecule has 3 rings (SSSR count). The minimum Gasteiger partial charge on any atom is -0.462 e. The first kappa shape index (κ1) is 19.3. The maximum Gasteiger partial charge on any atom is 0.338 e. The summed E-state index contributed by atoms with van der Waals surface area (Å²) in [6, 6.07) is 20.3. The van der Waals surface area contributed by atoms with E-state index in [1.165, 1.54) is 0 Å². The SMILES string of the molecule is CCOC(=O)c1ccc(N(Cc2cccnc2)C(=O)Cc2ccccc2)cc1. The average Bonchev–Trinajstić information content (AvgIpc) is 2.74. The molecule has 5 heteroatoms. The minimum absolute atomic E-state index is 0.0288. The van der Waals surface area contributed by atoms with Gasteiger partial charge in [-0.15, -0.1) is 0 Å². The molecule has 0 fully saturated rings. The normalized spacial score (nSPS) is 10.3. The summed E-state index contributed by atoms with van der Waals surface area (Å²) in [6.45, 7) is 2.49. The quantitative estimate of drug-likeness (QED) is 0.586. The molecule has 0 radical (unpaired) electrons. The molecular formula is C23H22N2O3. The number of anilines is 1. The van der Waals surface area contributed by atoms with Gasteiger partial charge in [0.2, 0.25) is 5.91 Å². The minimum atomic E-state index is -0.372. The molecular weight excluding hydrogens is 352 g/mol. The lowest BCUT2D eigenvalue weighted by molar-refractivity contribution is -0.118. The number of esters is 1. The van der Waals surface area contributed by atoms with E-state index in [2.05, 4.69) is 4.98 Å². The highest BCUT2D eigenvalue weighted by Crippen LogP contribution is 2.20. The first-order valence-corrected chi connectivity index (χ1v) is 9.17. The second-order valence-electron chi connectivity index (χ2n) is 6.27. The van der Waals surface area contributed by atoms with Crippen LogP contribution in [0, 0.1) is 0 Å². The van der Waals surface area contributed by atoms with Gasteiger partial charge in [0.1, 0.15) is 0 Å². The van der Waals surface area contributed by atoms with Gasteiger partial charge in [0.05, 0.1) is 25.1 Å². The number of aromatic nitrogens is 1. The third-order valence-corrected chi connectivity index (χ3v) is 4.25. The van der Waals surface area contributed by atoms with Gasteiger partial charge in [-0.05, 0) is 48.4 Å². The van der Waals surface area contributed by atoms with E-state index < -0.39 is 0 Å². The van der Waals surface area contributed by atoms with Crippen LogP contribution in [-0.2, 0) is 22.5 Å². The van der Waals surface area contributed by atoms with Crippen LogP contribution < -0.4 is 4.90 Å². The van der Waals surface area contributed by atoms with E-state index in [1.807, 2.05) is 42.5 Å². The number of ether oxygens (including phenoxy) is 1. The Hall–Kier alpha value is -3.47. The van der Waals surface area contributed by atoms with E-state index in [9.17, 15) is 9.59 Å². The van der Waals surface area contributed by atoms with Crippen LogP contribution in [0.5, 0.6) is 0 Å². The molecule has 0 saturated heterocycles. The molecule has 5 nitrogen and oxygen atoms in total. The molecule has 0 N–H and O–H groups in total. The lowest BCUT2D eigenvalue weighted by atomic mass is 10.1. The van der Waals surface area contributed by atoms with Crippen LogP contribution in [-0.4, -0.2) is 23.5 Å². The van der Waals surface area contributed by atoms with Crippen LogP contribution in [0.2, 0.25) is 0 Å². The molecule has 0 atom stereocenters. The Morgan fingerprint density at radius 2 is 1.64 bits per heavy atom. The number of carbonyl (C=O) groups is 2. The molecule has 0 unspecified atom stereocenters. The Balaban J connectivity index is 1.85. The van der Waals surface area contributed by atoms with Crippen LogP contribution in [0.3, 0.4) is 0 Å². The summed E-state index contributed by atoms with van der Waals surface area (Å²) in [4.78, 5) is 30.8. The van der Waals surface area contributed by atoms with Gasteiger partial charge >= 0.3 is 5.97 Å². The number of hydrogen-bond acceptors (Lipinski definition) is 4. The Kier molecular flexibility index (Phi) is 6.52. The van der Waals surface area contributed by atoms with Crippen molar-refractivity contribution in [1.29, 1.82) is 0 Å². The molecule has 2 aromatic carbocycles. The molecule has 0 bridgehead atoms. The second-order valence-corrected chi connectivity index (χ2v) is 6.27. The molecule has 3 aromatic rings. The zero-order valence-corrected chi connectivity index (χ0v) is 15.7. The summed E-state index contributed by atoms with van der Waals surface area (Å²) in [6.07, 6.45) is 3.74. The first-order chi connectivity index (χ1) is 13.7. The number of rotatable bonds is 7. The number of amides is 1. The standard InChI is InChI=1S/C23H22N2O3/c1-2-28-23(27)20-10-12-21(13-11-20)25(17-19-9-6-14-24-16-19)22(26)15-18-7-4-3-5-8-18/h3-14,16H,2,15,17H2,1H3. The topological polar surface area (TPSA) is 59.5 Å². The molecule has 0 aliphatic rings. The van der Waals surface area contributed by atoms with Gasteiger partial charge in [-0.3, -0.25) is 9.78 Å². The highest BCUT2D eigenvalue weighted by molar-refractivity contribution is 5.95. The summed E-state index contributed by atoms with van der Waals surface area (Å²) in [5, 5.41) is 0. The Labute approximate surface area is 164 Å². The van der Waals surface area contributed by atoms with Crippen LogP contribution in [0.15, 0.2) is 79.1 Å². The van der Waals surface area contributed by atoms with Crippen LogP contribution >= 0.6 is 0 Å². The third kappa shape index (κ3) is 5.04. The van der Waals surface area contributed by atoms with Gasteiger partial charge in [-0.1, -0.05) is 36.4 Å². The maximum atomic E-state index is 13.1. The van der Waals surface area contributed by atoms with Crippen LogP contribution in [0.1, 0.15) is 28.4 Å². The van der Waals surface area contributed by atoms with Crippen molar-refractivity contribution in [2.75, 3.05) is 11.5 Å². The largest absolute Gasteiger partial charge is 0.462 e. The number of carbonyl (C=O) groups excluding carboxylic acids is 2.